The van der Waals surface area contributed by atoms with Gasteiger partial charge in [0.1, 0.15) is 5.75 Å². The Labute approximate surface area is 140 Å². The smallest absolute Gasteiger partial charge is 0.313 e. The average molecular weight is 331 g/mol. The number of aromatic nitrogens is 1. The van der Waals surface area contributed by atoms with E-state index in [9.17, 15) is 9.59 Å². The van der Waals surface area contributed by atoms with Crippen molar-refractivity contribution in [3.05, 3.63) is 30.8 Å². The summed E-state index contributed by atoms with van der Waals surface area (Å²) in [6.45, 7) is 5.64. The van der Waals surface area contributed by atoms with Crippen LogP contribution in [0.2, 0.25) is 0 Å². The van der Waals surface area contributed by atoms with Crippen molar-refractivity contribution in [2.45, 2.75) is 32.7 Å². The number of benzene rings is 1. The zero-order valence-corrected chi connectivity index (χ0v) is 14.2. The first kappa shape index (κ1) is 17.5. The van der Waals surface area contributed by atoms with Crippen molar-refractivity contribution in [3.63, 3.8) is 0 Å². The van der Waals surface area contributed by atoms with E-state index >= 15 is 0 Å². The number of rotatable bonds is 5. The molecule has 0 fully saturated rings. The third-order valence-electron chi connectivity index (χ3n) is 3.70. The molecular formula is C17H21N3O4. The Bertz CT molecular complexity index is 723. The van der Waals surface area contributed by atoms with Crippen LogP contribution < -0.4 is 15.4 Å². The molecule has 0 spiro atoms. The van der Waals surface area contributed by atoms with Gasteiger partial charge in [-0.1, -0.05) is 6.92 Å². The number of ether oxygens (including phenoxy) is 1. The highest BCUT2D eigenvalue weighted by Crippen LogP contribution is 2.32. The molecule has 2 N–H and O–H groups in total. The maximum absolute atomic E-state index is 12.0. The Morgan fingerprint density at radius 2 is 2.04 bits per heavy atom. The van der Waals surface area contributed by atoms with Gasteiger partial charge in [-0.25, -0.2) is 4.98 Å². The lowest BCUT2D eigenvalue weighted by Gasteiger charge is -2.23. The molecule has 128 valence electrons. The van der Waals surface area contributed by atoms with E-state index < -0.39 is 17.4 Å². The minimum atomic E-state index is -0.731. The Balaban J connectivity index is 2.13. The maximum atomic E-state index is 12.0. The van der Waals surface area contributed by atoms with E-state index in [-0.39, 0.29) is 0 Å². The highest BCUT2D eigenvalue weighted by atomic mass is 16.5. The first-order chi connectivity index (χ1) is 11.4. The van der Waals surface area contributed by atoms with Crippen LogP contribution in [0.4, 0.5) is 5.69 Å². The molecule has 0 bridgehead atoms. The molecule has 0 aliphatic heterocycles. The van der Waals surface area contributed by atoms with E-state index in [0.717, 1.165) is 0 Å². The molecule has 1 aromatic carbocycles. The van der Waals surface area contributed by atoms with Crippen LogP contribution in [0.5, 0.6) is 5.75 Å². The number of hydrogen-bond donors (Lipinski definition) is 2. The first-order valence-electron chi connectivity index (χ1n) is 7.56. The molecule has 0 atom stereocenters. The Morgan fingerprint density at radius 3 is 2.62 bits per heavy atom. The van der Waals surface area contributed by atoms with Crippen LogP contribution >= 0.6 is 0 Å². The number of anilines is 1. The van der Waals surface area contributed by atoms with Gasteiger partial charge < -0.3 is 19.8 Å². The standard InChI is InChI=1S/C17H21N3O4/c1-5-17(2,3)20-16(22)15(21)19-11-6-7-12(13(8-11)23-4)14-9-18-10-24-14/h6-10H,5H2,1-4H3,(H,19,21)(H,20,22). The fourth-order valence-corrected chi connectivity index (χ4v) is 1.96. The summed E-state index contributed by atoms with van der Waals surface area (Å²) in [5.74, 6) is -0.364. The van der Waals surface area contributed by atoms with Gasteiger partial charge in [-0.05, 0) is 32.4 Å². The van der Waals surface area contributed by atoms with Crippen LogP contribution in [0, 0.1) is 0 Å². The number of oxazole rings is 1. The highest BCUT2D eigenvalue weighted by Gasteiger charge is 2.23. The summed E-state index contributed by atoms with van der Waals surface area (Å²) in [6, 6.07) is 5.01. The predicted molar refractivity (Wildman–Crippen MR) is 89.6 cm³/mol. The zero-order chi connectivity index (χ0) is 17.7. The maximum Gasteiger partial charge on any atom is 0.313 e. The summed E-state index contributed by atoms with van der Waals surface area (Å²) in [5.41, 5.74) is 0.705. The Kier molecular flexibility index (Phi) is 5.23. The quantitative estimate of drug-likeness (QED) is 0.821. The van der Waals surface area contributed by atoms with Crippen molar-refractivity contribution in [2.24, 2.45) is 0 Å². The molecule has 1 heterocycles. The van der Waals surface area contributed by atoms with Crippen molar-refractivity contribution in [1.82, 2.24) is 10.3 Å². The van der Waals surface area contributed by atoms with Crippen molar-refractivity contribution >= 4 is 17.5 Å². The van der Waals surface area contributed by atoms with E-state index in [1.165, 1.54) is 13.5 Å². The molecular weight excluding hydrogens is 310 g/mol. The van der Waals surface area contributed by atoms with Crippen LogP contribution in [0.1, 0.15) is 27.2 Å². The molecule has 0 aliphatic rings. The van der Waals surface area contributed by atoms with Gasteiger partial charge in [-0.3, -0.25) is 9.59 Å². The summed E-state index contributed by atoms with van der Waals surface area (Å²) >= 11 is 0. The van der Waals surface area contributed by atoms with Crippen LogP contribution in [-0.4, -0.2) is 29.4 Å². The van der Waals surface area contributed by atoms with Gasteiger partial charge in [0.2, 0.25) is 0 Å². The van der Waals surface area contributed by atoms with Crippen LogP contribution in [-0.2, 0) is 9.59 Å². The number of nitrogens with one attached hydrogen (secondary N) is 2. The topological polar surface area (TPSA) is 93.5 Å². The van der Waals surface area contributed by atoms with Gasteiger partial charge in [-0.15, -0.1) is 0 Å². The number of carbonyl (C=O) groups is 2. The number of hydrogen-bond acceptors (Lipinski definition) is 5. The number of methoxy groups -OCH3 is 1. The molecule has 2 aromatic rings. The molecule has 0 saturated heterocycles. The second-order valence-electron chi connectivity index (χ2n) is 5.93. The second-order valence-corrected chi connectivity index (χ2v) is 5.93. The lowest BCUT2D eigenvalue weighted by atomic mass is 10.0. The highest BCUT2D eigenvalue weighted by molar-refractivity contribution is 6.39. The molecule has 2 rings (SSSR count). The van der Waals surface area contributed by atoms with Crippen molar-refractivity contribution < 1.29 is 18.7 Å². The third kappa shape index (κ3) is 4.13. The largest absolute Gasteiger partial charge is 0.496 e. The zero-order valence-electron chi connectivity index (χ0n) is 14.2. The summed E-state index contributed by atoms with van der Waals surface area (Å²) in [7, 11) is 1.51. The van der Waals surface area contributed by atoms with Gasteiger partial charge in [0.05, 0.1) is 18.9 Å². The first-order valence-corrected chi connectivity index (χ1v) is 7.56. The lowest BCUT2D eigenvalue weighted by molar-refractivity contribution is -0.137. The number of amides is 2. The van der Waals surface area contributed by atoms with E-state index in [4.69, 9.17) is 9.15 Å². The van der Waals surface area contributed by atoms with Gasteiger partial charge in [0.25, 0.3) is 0 Å². The fraction of sp³-hybridized carbons (Fsp3) is 0.353. The Hall–Kier alpha value is -2.83. The monoisotopic (exact) mass is 331 g/mol. The third-order valence-corrected chi connectivity index (χ3v) is 3.70. The van der Waals surface area contributed by atoms with E-state index in [1.807, 2.05) is 20.8 Å². The fourth-order valence-electron chi connectivity index (χ4n) is 1.96. The lowest BCUT2D eigenvalue weighted by Crippen LogP contribution is -2.47. The van der Waals surface area contributed by atoms with Crippen LogP contribution in [0.25, 0.3) is 11.3 Å². The van der Waals surface area contributed by atoms with Gasteiger partial charge in [0, 0.05) is 17.3 Å². The molecule has 0 saturated carbocycles. The molecule has 1 aromatic heterocycles. The minimum Gasteiger partial charge on any atom is -0.496 e. The number of carbonyl (C=O) groups excluding carboxylic acids is 2. The average Bonchev–Trinajstić information content (AvgIpc) is 3.08. The summed E-state index contributed by atoms with van der Waals surface area (Å²) in [4.78, 5) is 27.8. The van der Waals surface area contributed by atoms with Crippen LogP contribution in [0.3, 0.4) is 0 Å². The summed E-state index contributed by atoms with van der Waals surface area (Å²) < 4.78 is 10.6. The normalized spacial score (nSPS) is 11.0. The van der Waals surface area contributed by atoms with E-state index in [1.54, 1.807) is 24.4 Å². The van der Waals surface area contributed by atoms with Crippen LogP contribution in [0.15, 0.2) is 35.2 Å². The molecule has 7 heteroatoms. The number of nitrogens with zero attached hydrogens (tertiary/aromatic N) is 1. The molecule has 0 aliphatic carbocycles. The molecule has 24 heavy (non-hydrogen) atoms. The van der Waals surface area contributed by atoms with Gasteiger partial charge in [0.15, 0.2) is 12.2 Å². The van der Waals surface area contributed by atoms with Gasteiger partial charge in [-0.2, -0.15) is 0 Å². The Morgan fingerprint density at radius 1 is 1.29 bits per heavy atom. The molecule has 2 amide bonds. The van der Waals surface area contributed by atoms with E-state index in [0.29, 0.717) is 29.2 Å². The predicted octanol–water partition coefficient (Wildman–Crippen LogP) is 2.59. The minimum absolute atomic E-state index is 0.442. The summed E-state index contributed by atoms with van der Waals surface area (Å²) in [5, 5.41) is 5.24. The molecule has 0 radical (unpaired) electrons. The summed E-state index contributed by atoms with van der Waals surface area (Å²) in [6.07, 6.45) is 3.60. The van der Waals surface area contributed by atoms with Crippen molar-refractivity contribution in [2.75, 3.05) is 12.4 Å². The SMILES string of the molecule is CCC(C)(C)NC(=O)C(=O)Nc1ccc(-c2cnco2)c(OC)c1. The molecule has 0 unspecified atom stereocenters. The van der Waals surface area contributed by atoms with E-state index in [2.05, 4.69) is 15.6 Å². The van der Waals surface area contributed by atoms with Gasteiger partial charge >= 0.3 is 11.8 Å². The second kappa shape index (κ2) is 7.16. The molecule has 7 nitrogen and oxygen atoms in total. The van der Waals surface area contributed by atoms with Crippen molar-refractivity contribution in [3.8, 4) is 17.1 Å². The van der Waals surface area contributed by atoms with Crippen molar-refractivity contribution in [1.29, 1.82) is 0 Å².